The lowest BCUT2D eigenvalue weighted by atomic mass is 10.1. The number of nitrogens with zero attached hydrogens (tertiary/aromatic N) is 1. The Morgan fingerprint density at radius 3 is 2.68 bits per heavy atom. The maximum absolute atomic E-state index is 12.5. The van der Waals surface area contributed by atoms with Gasteiger partial charge in [0.25, 0.3) is 5.91 Å². The van der Waals surface area contributed by atoms with Crippen LogP contribution in [-0.4, -0.2) is 41.0 Å². The highest BCUT2D eigenvalue weighted by molar-refractivity contribution is 5.98. The lowest BCUT2D eigenvalue weighted by molar-refractivity contribution is 0.0674. The zero-order valence-corrected chi connectivity index (χ0v) is 11.3. The van der Waals surface area contributed by atoms with Crippen LogP contribution in [0.4, 0.5) is 0 Å². The highest BCUT2D eigenvalue weighted by Gasteiger charge is 2.25. The Hall–Kier alpha value is -1.81. The number of aromatic nitrogens is 1. The minimum Gasteiger partial charge on any atom is -0.361 e. The molecule has 1 saturated heterocycles. The fourth-order valence-electron chi connectivity index (χ4n) is 2.86. The predicted molar refractivity (Wildman–Crippen MR) is 76.3 cm³/mol. The highest BCUT2D eigenvalue weighted by Crippen LogP contribution is 2.17. The van der Waals surface area contributed by atoms with Crippen molar-refractivity contribution in [2.24, 2.45) is 0 Å². The van der Waals surface area contributed by atoms with E-state index in [-0.39, 0.29) is 5.91 Å². The number of hydrogen-bond acceptors (Lipinski definition) is 2. The molecule has 0 spiro atoms. The Morgan fingerprint density at radius 2 is 1.95 bits per heavy atom. The van der Waals surface area contributed by atoms with E-state index >= 15 is 0 Å². The van der Waals surface area contributed by atoms with Gasteiger partial charge in [-0.3, -0.25) is 4.79 Å². The molecule has 0 saturated carbocycles. The van der Waals surface area contributed by atoms with Crippen molar-refractivity contribution in [2.75, 3.05) is 13.1 Å². The van der Waals surface area contributed by atoms with Crippen LogP contribution < -0.4 is 5.32 Å². The standard InChI is InChI=1S/C15H19N3O/c1-10-8-18(9-11(2)17-10)15(19)13-4-3-12-5-6-16-14(12)7-13/h3-7,10-11,16-17H,8-9H2,1-2H3. The molecule has 19 heavy (non-hydrogen) atoms. The van der Waals surface area contributed by atoms with Gasteiger partial charge in [0.1, 0.15) is 0 Å². The molecule has 0 bridgehead atoms. The quantitative estimate of drug-likeness (QED) is 0.821. The molecule has 1 aliphatic rings. The van der Waals surface area contributed by atoms with E-state index in [9.17, 15) is 4.79 Å². The van der Waals surface area contributed by atoms with E-state index in [1.807, 2.05) is 35.4 Å². The van der Waals surface area contributed by atoms with Crippen LogP contribution in [0.1, 0.15) is 24.2 Å². The maximum Gasteiger partial charge on any atom is 0.254 e. The minimum atomic E-state index is 0.122. The number of carbonyl (C=O) groups excluding carboxylic acids is 1. The van der Waals surface area contributed by atoms with Crippen LogP contribution in [-0.2, 0) is 0 Å². The van der Waals surface area contributed by atoms with Crippen molar-refractivity contribution in [1.82, 2.24) is 15.2 Å². The zero-order valence-electron chi connectivity index (χ0n) is 11.3. The highest BCUT2D eigenvalue weighted by atomic mass is 16.2. The lowest BCUT2D eigenvalue weighted by Gasteiger charge is -2.36. The summed E-state index contributed by atoms with van der Waals surface area (Å²) in [6.07, 6.45) is 1.90. The number of amides is 1. The average molecular weight is 257 g/mol. The number of H-pyrrole nitrogens is 1. The third kappa shape index (κ3) is 2.36. The first-order valence-corrected chi connectivity index (χ1v) is 6.76. The number of aromatic amines is 1. The maximum atomic E-state index is 12.5. The topological polar surface area (TPSA) is 48.1 Å². The average Bonchev–Trinajstić information content (AvgIpc) is 2.83. The van der Waals surface area contributed by atoms with Gasteiger partial charge in [0.05, 0.1) is 0 Å². The molecule has 2 unspecified atom stereocenters. The van der Waals surface area contributed by atoms with Gasteiger partial charge in [-0.1, -0.05) is 6.07 Å². The second kappa shape index (κ2) is 4.70. The summed E-state index contributed by atoms with van der Waals surface area (Å²) in [5.74, 6) is 0.122. The predicted octanol–water partition coefficient (Wildman–Crippen LogP) is 1.99. The number of benzene rings is 1. The number of fused-ring (bicyclic) bond motifs is 1. The van der Waals surface area contributed by atoms with Crippen molar-refractivity contribution in [1.29, 1.82) is 0 Å². The summed E-state index contributed by atoms with van der Waals surface area (Å²) in [6, 6.07) is 8.56. The van der Waals surface area contributed by atoms with Gasteiger partial charge < -0.3 is 15.2 Å². The fraction of sp³-hybridized carbons (Fsp3) is 0.400. The summed E-state index contributed by atoms with van der Waals surface area (Å²) in [4.78, 5) is 17.6. The number of rotatable bonds is 1. The normalized spacial score (nSPS) is 23.8. The summed E-state index contributed by atoms with van der Waals surface area (Å²) in [5, 5.41) is 4.58. The van der Waals surface area contributed by atoms with E-state index in [2.05, 4.69) is 24.1 Å². The van der Waals surface area contributed by atoms with E-state index < -0.39 is 0 Å². The van der Waals surface area contributed by atoms with E-state index in [0.29, 0.717) is 12.1 Å². The minimum absolute atomic E-state index is 0.122. The first kappa shape index (κ1) is 12.2. The van der Waals surface area contributed by atoms with Crippen molar-refractivity contribution >= 4 is 16.8 Å². The molecule has 1 aliphatic heterocycles. The van der Waals surface area contributed by atoms with Crippen molar-refractivity contribution in [3.63, 3.8) is 0 Å². The Morgan fingerprint density at radius 1 is 1.21 bits per heavy atom. The molecular formula is C15H19N3O. The summed E-state index contributed by atoms with van der Waals surface area (Å²) >= 11 is 0. The molecule has 1 amide bonds. The molecule has 2 atom stereocenters. The Kier molecular flexibility index (Phi) is 3.03. The molecule has 100 valence electrons. The van der Waals surface area contributed by atoms with E-state index in [1.165, 1.54) is 0 Å². The summed E-state index contributed by atoms with van der Waals surface area (Å²) in [6.45, 7) is 5.77. The number of piperazine rings is 1. The third-order valence-corrected chi connectivity index (χ3v) is 3.65. The largest absolute Gasteiger partial charge is 0.361 e. The van der Waals surface area contributed by atoms with Gasteiger partial charge in [-0.2, -0.15) is 0 Å². The van der Waals surface area contributed by atoms with Gasteiger partial charge in [0, 0.05) is 42.5 Å². The Labute approximate surface area is 112 Å². The molecule has 2 N–H and O–H groups in total. The lowest BCUT2D eigenvalue weighted by Crippen LogP contribution is -2.55. The van der Waals surface area contributed by atoms with Crippen molar-refractivity contribution in [3.8, 4) is 0 Å². The van der Waals surface area contributed by atoms with Crippen molar-refractivity contribution in [3.05, 3.63) is 36.0 Å². The van der Waals surface area contributed by atoms with Crippen molar-refractivity contribution in [2.45, 2.75) is 25.9 Å². The summed E-state index contributed by atoms with van der Waals surface area (Å²) < 4.78 is 0. The molecular weight excluding hydrogens is 238 g/mol. The Balaban J connectivity index is 1.86. The second-order valence-electron chi connectivity index (χ2n) is 5.46. The molecule has 3 rings (SSSR count). The molecule has 2 aromatic rings. The number of hydrogen-bond donors (Lipinski definition) is 2. The van der Waals surface area contributed by atoms with Gasteiger partial charge in [-0.25, -0.2) is 0 Å². The smallest absolute Gasteiger partial charge is 0.254 e. The molecule has 1 aromatic heterocycles. The van der Waals surface area contributed by atoms with Gasteiger partial charge in [-0.05, 0) is 37.4 Å². The molecule has 0 radical (unpaired) electrons. The van der Waals surface area contributed by atoms with Gasteiger partial charge in [0.2, 0.25) is 0 Å². The monoisotopic (exact) mass is 257 g/mol. The van der Waals surface area contributed by atoms with E-state index in [0.717, 1.165) is 29.6 Å². The van der Waals surface area contributed by atoms with Crippen LogP contribution in [0, 0.1) is 0 Å². The van der Waals surface area contributed by atoms with Gasteiger partial charge >= 0.3 is 0 Å². The first-order chi connectivity index (χ1) is 9.13. The van der Waals surface area contributed by atoms with Crippen LogP contribution >= 0.6 is 0 Å². The van der Waals surface area contributed by atoms with E-state index in [4.69, 9.17) is 0 Å². The van der Waals surface area contributed by atoms with E-state index in [1.54, 1.807) is 0 Å². The first-order valence-electron chi connectivity index (χ1n) is 6.76. The molecule has 1 aromatic carbocycles. The fourth-order valence-corrected chi connectivity index (χ4v) is 2.86. The molecule has 0 aliphatic carbocycles. The summed E-state index contributed by atoms with van der Waals surface area (Å²) in [7, 11) is 0. The third-order valence-electron chi connectivity index (χ3n) is 3.65. The van der Waals surface area contributed by atoms with Crippen LogP contribution in [0.3, 0.4) is 0 Å². The second-order valence-corrected chi connectivity index (χ2v) is 5.46. The van der Waals surface area contributed by atoms with Crippen LogP contribution in [0.15, 0.2) is 30.5 Å². The van der Waals surface area contributed by atoms with Gasteiger partial charge in [0.15, 0.2) is 0 Å². The molecule has 4 heteroatoms. The summed E-state index contributed by atoms with van der Waals surface area (Å²) in [5.41, 5.74) is 1.78. The number of nitrogens with one attached hydrogen (secondary N) is 2. The molecule has 1 fully saturated rings. The molecule has 4 nitrogen and oxygen atoms in total. The van der Waals surface area contributed by atoms with Crippen molar-refractivity contribution < 1.29 is 4.79 Å². The molecule has 2 heterocycles. The van der Waals surface area contributed by atoms with Crippen LogP contribution in [0.25, 0.3) is 10.9 Å². The SMILES string of the molecule is CC1CN(C(=O)c2ccc3cc[nH]c3c2)CC(C)N1. The number of carbonyl (C=O) groups is 1. The van der Waals surface area contributed by atoms with Gasteiger partial charge in [-0.15, -0.1) is 0 Å². The van der Waals surface area contributed by atoms with Crippen LogP contribution in [0.5, 0.6) is 0 Å². The Bertz CT molecular complexity index is 594. The van der Waals surface area contributed by atoms with Crippen LogP contribution in [0.2, 0.25) is 0 Å². The zero-order chi connectivity index (χ0) is 13.4.